The lowest BCUT2D eigenvalue weighted by molar-refractivity contribution is -0.117. The Kier molecular flexibility index (Phi) is 5.25. The van der Waals surface area contributed by atoms with Crippen LogP contribution in [0.4, 0.5) is 5.69 Å². The maximum Gasteiger partial charge on any atom is 0.277 e. The van der Waals surface area contributed by atoms with Crippen molar-refractivity contribution >= 4 is 29.1 Å². The Bertz CT molecular complexity index is 1010. The van der Waals surface area contributed by atoms with Crippen molar-refractivity contribution in [2.45, 2.75) is 25.0 Å². The van der Waals surface area contributed by atoms with Gasteiger partial charge in [-0.15, -0.1) is 10.2 Å². The SMILES string of the molecule is Cc1ccccc1-c1nnc(SCC(=O)c2ccc(N3CCCC3=O)cc2)o1. The minimum Gasteiger partial charge on any atom is -0.411 e. The van der Waals surface area contributed by atoms with Gasteiger partial charge in [0.1, 0.15) is 0 Å². The van der Waals surface area contributed by atoms with Gasteiger partial charge in [-0.1, -0.05) is 30.0 Å². The highest BCUT2D eigenvalue weighted by atomic mass is 32.2. The van der Waals surface area contributed by atoms with Gasteiger partial charge in [0.25, 0.3) is 5.22 Å². The van der Waals surface area contributed by atoms with Crippen molar-refractivity contribution in [3.05, 3.63) is 59.7 Å². The van der Waals surface area contributed by atoms with E-state index in [1.807, 2.05) is 43.3 Å². The number of rotatable bonds is 6. The maximum atomic E-state index is 12.5. The molecule has 2 aromatic carbocycles. The fraction of sp³-hybridized carbons (Fsp3) is 0.238. The molecule has 1 amide bonds. The third-order valence-corrected chi connectivity index (χ3v) is 5.50. The molecule has 1 aromatic heterocycles. The van der Waals surface area contributed by atoms with E-state index in [9.17, 15) is 9.59 Å². The van der Waals surface area contributed by atoms with Crippen molar-refractivity contribution in [1.82, 2.24) is 10.2 Å². The molecule has 0 unspecified atom stereocenters. The second kappa shape index (κ2) is 7.98. The second-order valence-corrected chi connectivity index (χ2v) is 7.52. The van der Waals surface area contributed by atoms with E-state index >= 15 is 0 Å². The van der Waals surface area contributed by atoms with E-state index < -0.39 is 0 Å². The first-order chi connectivity index (χ1) is 13.6. The third-order valence-electron chi connectivity index (χ3n) is 4.68. The number of nitrogens with zero attached hydrogens (tertiary/aromatic N) is 3. The van der Waals surface area contributed by atoms with Crippen LogP contribution >= 0.6 is 11.8 Å². The first-order valence-electron chi connectivity index (χ1n) is 9.08. The molecule has 3 aromatic rings. The van der Waals surface area contributed by atoms with Crippen molar-refractivity contribution in [2.75, 3.05) is 17.2 Å². The van der Waals surface area contributed by atoms with Gasteiger partial charge in [0.15, 0.2) is 5.78 Å². The van der Waals surface area contributed by atoms with E-state index in [-0.39, 0.29) is 17.4 Å². The first kappa shape index (κ1) is 18.4. The van der Waals surface area contributed by atoms with Crippen LogP contribution in [0.2, 0.25) is 0 Å². The molecule has 0 atom stereocenters. The van der Waals surface area contributed by atoms with Gasteiger partial charge in [-0.2, -0.15) is 0 Å². The van der Waals surface area contributed by atoms with Crippen LogP contribution < -0.4 is 4.90 Å². The highest BCUT2D eigenvalue weighted by Gasteiger charge is 2.21. The Balaban J connectivity index is 1.38. The topological polar surface area (TPSA) is 76.3 Å². The summed E-state index contributed by atoms with van der Waals surface area (Å²) in [5, 5.41) is 8.47. The summed E-state index contributed by atoms with van der Waals surface area (Å²) in [7, 11) is 0. The predicted molar refractivity (Wildman–Crippen MR) is 108 cm³/mol. The van der Waals surface area contributed by atoms with Crippen molar-refractivity contribution in [2.24, 2.45) is 0 Å². The van der Waals surface area contributed by atoms with Gasteiger partial charge in [0.05, 0.1) is 5.75 Å². The standard InChI is InChI=1S/C21H19N3O3S/c1-14-5-2-3-6-17(14)20-22-23-21(27-20)28-13-18(25)15-8-10-16(11-9-15)24-12-4-7-19(24)26/h2-3,5-6,8-11H,4,7,12-13H2,1H3. The summed E-state index contributed by atoms with van der Waals surface area (Å²) in [5.74, 6) is 0.764. The summed E-state index contributed by atoms with van der Waals surface area (Å²) in [5.41, 5.74) is 3.38. The molecule has 0 saturated carbocycles. The summed E-state index contributed by atoms with van der Waals surface area (Å²) in [6, 6.07) is 14.9. The van der Waals surface area contributed by atoms with Gasteiger partial charge < -0.3 is 9.32 Å². The van der Waals surface area contributed by atoms with Gasteiger partial charge in [0.2, 0.25) is 11.8 Å². The maximum absolute atomic E-state index is 12.5. The summed E-state index contributed by atoms with van der Waals surface area (Å²) < 4.78 is 5.68. The Morgan fingerprint density at radius 1 is 1.14 bits per heavy atom. The van der Waals surface area contributed by atoms with Crippen LogP contribution in [-0.2, 0) is 4.79 Å². The van der Waals surface area contributed by atoms with Crippen molar-refractivity contribution < 1.29 is 14.0 Å². The molecule has 0 aliphatic carbocycles. The van der Waals surface area contributed by atoms with Crippen molar-refractivity contribution in [1.29, 1.82) is 0 Å². The predicted octanol–water partition coefficient (Wildman–Crippen LogP) is 4.15. The van der Waals surface area contributed by atoms with Gasteiger partial charge in [-0.25, -0.2) is 0 Å². The van der Waals surface area contributed by atoms with Gasteiger partial charge >= 0.3 is 0 Å². The fourth-order valence-corrected chi connectivity index (χ4v) is 3.81. The van der Waals surface area contributed by atoms with E-state index in [2.05, 4.69) is 10.2 Å². The molecule has 28 heavy (non-hydrogen) atoms. The molecule has 0 bridgehead atoms. The zero-order chi connectivity index (χ0) is 19.5. The lowest BCUT2D eigenvalue weighted by Crippen LogP contribution is -2.23. The molecule has 1 saturated heterocycles. The third kappa shape index (κ3) is 3.84. The molecule has 0 radical (unpaired) electrons. The van der Waals surface area contributed by atoms with Crippen LogP contribution in [0.5, 0.6) is 0 Å². The molecular formula is C21H19N3O3S. The van der Waals surface area contributed by atoms with Crippen LogP contribution in [0.15, 0.2) is 58.2 Å². The van der Waals surface area contributed by atoms with Gasteiger partial charge in [-0.05, 0) is 49.2 Å². The van der Waals surface area contributed by atoms with E-state index in [1.165, 1.54) is 11.8 Å². The first-order valence-corrected chi connectivity index (χ1v) is 10.1. The number of ketones is 1. The highest BCUT2D eigenvalue weighted by molar-refractivity contribution is 7.99. The van der Waals surface area contributed by atoms with E-state index in [0.29, 0.717) is 23.1 Å². The smallest absolute Gasteiger partial charge is 0.277 e. The van der Waals surface area contributed by atoms with E-state index in [1.54, 1.807) is 17.0 Å². The quantitative estimate of drug-likeness (QED) is 0.463. The Hall–Kier alpha value is -2.93. The van der Waals surface area contributed by atoms with Crippen molar-refractivity contribution in [3.63, 3.8) is 0 Å². The number of anilines is 1. The minimum absolute atomic E-state index is 0.0278. The molecule has 7 heteroatoms. The van der Waals surface area contributed by atoms with Crippen LogP contribution in [0, 0.1) is 6.92 Å². The number of hydrogen-bond donors (Lipinski definition) is 0. The largest absolute Gasteiger partial charge is 0.411 e. The van der Waals surface area contributed by atoms with Crippen LogP contribution in [0.1, 0.15) is 28.8 Å². The van der Waals surface area contributed by atoms with Crippen LogP contribution in [0.3, 0.4) is 0 Å². The monoisotopic (exact) mass is 393 g/mol. The van der Waals surface area contributed by atoms with Crippen LogP contribution in [-0.4, -0.2) is 34.2 Å². The number of carbonyl (C=O) groups excluding carboxylic acids is 2. The summed E-state index contributed by atoms with van der Waals surface area (Å²) >= 11 is 1.22. The minimum atomic E-state index is -0.0278. The van der Waals surface area contributed by atoms with E-state index in [4.69, 9.17) is 4.42 Å². The second-order valence-electron chi connectivity index (χ2n) is 6.60. The lowest BCUT2D eigenvalue weighted by Gasteiger charge is -2.15. The summed E-state index contributed by atoms with van der Waals surface area (Å²) in [6.07, 6.45) is 1.47. The normalized spacial score (nSPS) is 13.9. The zero-order valence-corrected chi connectivity index (χ0v) is 16.2. The average molecular weight is 393 g/mol. The van der Waals surface area contributed by atoms with Crippen LogP contribution in [0.25, 0.3) is 11.5 Å². The number of aryl methyl sites for hydroxylation is 1. The van der Waals surface area contributed by atoms with E-state index in [0.717, 1.165) is 29.8 Å². The molecule has 2 heterocycles. The fourth-order valence-electron chi connectivity index (χ4n) is 3.15. The number of aromatic nitrogens is 2. The Labute approximate surface area is 167 Å². The number of Topliss-reactive ketones (excluding diaryl/α,β-unsaturated/α-hetero) is 1. The highest BCUT2D eigenvalue weighted by Crippen LogP contribution is 2.26. The molecule has 0 spiro atoms. The molecule has 1 fully saturated rings. The molecule has 1 aliphatic rings. The molecule has 0 N–H and O–H groups in total. The summed E-state index contributed by atoms with van der Waals surface area (Å²) in [6.45, 7) is 2.72. The number of benzene rings is 2. The number of hydrogen-bond acceptors (Lipinski definition) is 6. The number of amides is 1. The molecule has 142 valence electrons. The Morgan fingerprint density at radius 2 is 1.93 bits per heavy atom. The molecular weight excluding hydrogens is 374 g/mol. The van der Waals surface area contributed by atoms with Gasteiger partial charge in [-0.3, -0.25) is 9.59 Å². The molecule has 1 aliphatic heterocycles. The lowest BCUT2D eigenvalue weighted by atomic mass is 10.1. The number of carbonyl (C=O) groups is 2. The molecule has 6 nitrogen and oxygen atoms in total. The van der Waals surface area contributed by atoms with Gasteiger partial charge in [0, 0.05) is 29.8 Å². The summed E-state index contributed by atoms with van der Waals surface area (Å²) in [4.78, 5) is 26.0. The number of thioether (sulfide) groups is 1. The Morgan fingerprint density at radius 3 is 2.64 bits per heavy atom. The average Bonchev–Trinajstić information content (AvgIpc) is 3.36. The van der Waals surface area contributed by atoms with Crippen molar-refractivity contribution in [3.8, 4) is 11.5 Å². The molecule has 4 rings (SSSR count). The zero-order valence-electron chi connectivity index (χ0n) is 15.4.